The summed E-state index contributed by atoms with van der Waals surface area (Å²) in [6, 6.07) is 7.66. The van der Waals surface area contributed by atoms with Crippen LogP contribution in [0.5, 0.6) is 0 Å². The topological polar surface area (TPSA) is 17.1 Å². The molecule has 0 aliphatic rings. The molecule has 1 aromatic rings. The molecule has 0 saturated carbocycles. The summed E-state index contributed by atoms with van der Waals surface area (Å²) in [5.41, 5.74) is 0.240. The Hall–Kier alpha value is -1.18. The Balaban J connectivity index is 2.56. The molecule has 1 atom stereocenters. The third-order valence-corrected chi connectivity index (χ3v) is 3.58. The van der Waals surface area contributed by atoms with Gasteiger partial charge in [0.25, 0.3) is 0 Å². The van der Waals surface area contributed by atoms with E-state index in [1.165, 1.54) is 12.1 Å². The van der Waals surface area contributed by atoms with E-state index in [2.05, 4.69) is 0 Å². The molecule has 0 N–H and O–H groups in total. The summed E-state index contributed by atoms with van der Waals surface area (Å²) in [5.74, 6) is -10.4. The Morgan fingerprint density at radius 1 is 1.14 bits per heavy atom. The van der Waals surface area contributed by atoms with E-state index < -0.39 is 42.0 Å². The van der Waals surface area contributed by atoms with Gasteiger partial charge in [-0.2, -0.15) is 17.6 Å². The smallest absolute Gasteiger partial charge is 0.282 e. The van der Waals surface area contributed by atoms with E-state index in [9.17, 15) is 31.1 Å². The van der Waals surface area contributed by atoms with Crippen molar-refractivity contribution in [3.05, 3.63) is 35.9 Å². The van der Waals surface area contributed by atoms with Crippen LogP contribution in [0.15, 0.2) is 30.3 Å². The Kier molecular flexibility index (Phi) is 6.12. The van der Waals surface area contributed by atoms with Crippen molar-refractivity contribution in [2.24, 2.45) is 0 Å². The fourth-order valence-electron chi connectivity index (χ4n) is 1.42. The molecule has 21 heavy (non-hydrogen) atoms. The second-order valence-electron chi connectivity index (χ2n) is 4.20. The van der Waals surface area contributed by atoms with E-state index in [0.29, 0.717) is 11.8 Å². The minimum atomic E-state index is -5.10. The molecule has 0 aliphatic heterocycles. The van der Waals surface area contributed by atoms with Crippen molar-refractivity contribution < 1.29 is 31.1 Å². The van der Waals surface area contributed by atoms with Crippen molar-refractivity contribution in [2.45, 2.75) is 24.4 Å². The zero-order chi connectivity index (χ0) is 16.1. The first-order chi connectivity index (χ1) is 9.72. The highest BCUT2D eigenvalue weighted by Gasteiger charge is 2.61. The highest BCUT2D eigenvalue weighted by atomic mass is 32.2. The van der Waals surface area contributed by atoms with Crippen molar-refractivity contribution >= 4 is 16.9 Å². The zero-order valence-electron chi connectivity index (χ0n) is 10.7. The minimum Gasteiger partial charge on any atom is -0.282 e. The molecule has 0 fully saturated rings. The molecule has 0 saturated heterocycles. The molecule has 0 heterocycles. The lowest BCUT2D eigenvalue weighted by Gasteiger charge is -2.27. The maximum Gasteiger partial charge on any atom is 0.343 e. The zero-order valence-corrected chi connectivity index (χ0v) is 11.5. The largest absolute Gasteiger partial charge is 0.343 e. The number of hydrogen-bond donors (Lipinski definition) is 0. The quantitative estimate of drug-likeness (QED) is 0.683. The summed E-state index contributed by atoms with van der Waals surface area (Å²) < 4.78 is 76.8. The number of alkyl halides is 6. The minimum absolute atomic E-state index is 0.240. The van der Waals surface area contributed by atoms with Gasteiger partial charge in [-0.15, -0.1) is 0 Å². The van der Waals surface area contributed by atoms with Gasteiger partial charge < -0.3 is 0 Å². The van der Waals surface area contributed by atoms with Gasteiger partial charge in [0.1, 0.15) is 6.67 Å². The summed E-state index contributed by atoms with van der Waals surface area (Å²) in [6.07, 6.45) is -4.99. The average Bonchev–Trinajstić information content (AvgIpc) is 2.46. The third kappa shape index (κ3) is 4.39. The second kappa shape index (κ2) is 7.20. The van der Waals surface area contributed by atoms with Crippen molar-refractivity contribution in [1.29, 1.82) is 0 Å². The fourth-order valence-corrected chi connectivity index (χ4v) is 2.27. The number of carbonyl (C=O) groups is 1. The molecule has 8 heteroatoms. The van der Waals surface area contributed by atoms with Crippen molar-refractivity contribution in [3.63, 3.8) is 0 Å². The maximum absolute atomic E-state index is 13.2. The molecule has 0 amide bonds. The van der Waals surface area contributed by atoms with Crippen molar-refractivity contribution in [2.75, 3.05) is 12.4 Å². The van der Waals surface area contributed by atoms with Crippen LogP contribution in [0, 0.1) is 0 Å². The van der Waals surface area contributed by atoms with Crippen LogP contribution in [-0.4, -0.2) is 35.6 Å². The van der Waals surface area contributed by atoms with Crippen LogP contribution < -0.4 is 0 Å². The van der Waals surface area contributed by atoms with Crippen LogP contribution in [-0.2, 0) is 0 Å². The summed E-state index contributed by atoms with van der Waals surface area (Å²) >= 11 is 0.423. The molecule has 0 radical (unpaired) electrons. The SMILES string of the molecule is O=C(SCCC(F)(F)C(F)(F)C(F)CF)c1ccccc1. The molecule has 0 aliphatic carbocycles. The van der Waals surface area contributed by atoms with Gasteiger partial charge in [-0.25, -0.2) is 8.78 Å². The standard InChI is InChI=1S/C13H12F6OS/c14-8-10(15)13(18,19)12(16,17)6-7-21-11(20)9-4-2-1-3-5-9/h1-5,10H,6-8H2. The summed E-state index contributed by atoms with van der Waals surface area (Å²) in [5, 5.41) is -0.558. The van der Waals surface area contributed by atoms with Gasteiger partial charge in [0.05, 0.1) is 0 Å². The molecule has 118 valence electrons. The fraction of sp³-hybridized carbons (Fsp3) is 0.462. The van der Waals surface area contributed by atoms with Gasteiger partial charge in [0.2, 0.25) is 5.12 Å². The molecular weight excluding hydrogens is 318 g/mol. The number of hydrogen-bond acceptors (Lipinski definition) is 2. The highest BCUT2D eigenvalue weighted by molar-refractivity contribution is 8.14. The molecule has 0 bridgehead atoms. The molecular formula is C13H12F6OS. The predicted octanol–water partition coefficient (Wildman–Crippen LogP) is 4.53. The van der Waals surface area contributed by atoms with Crippen LogP contribution in [0.2, 0.25) is 0 Å². The van der Waals surface area contributed by atoms with E-state index >= 15 is 0 Å². The molecule has 1 aromatic carbocycles. The Morgan fingerprint density at radius 2 is 1.71 bits per heavy atom. The van der Waals surface area contributed by atoms with Crippen molar-refractivity contribution in [3.8, 4) is 0 Å². The van der Waals surface area contributed by atoms with Crippen LogP contribution in [0.25, 0.3) is 0 Å². The lowest BCUT2D eigenvalue weighted by molar-refractivity contribution is -0.241. The third-order valence-electron chi connectivity index (χ3n) is 2.68. The van der Waals surface area contributed by atoms with Crippen LogP contribution in [0.3, 0.4) is 0 Å². The number of carbonyl (C=O) groups excluding carboxylic acids is 1. The monoisotopic (exact) mass is 330 g/mol. The highest BCUT2D eigenvalue weighted by Crippen LogP contribution is 2.41. The number of benzene rings is 1. The van der Waals surface area contributed by atoms with Crippen LogP contribution in [0.4, 0.5) is 26.3 Å². The van der Waals surface area contributed by atoms with Gasteiger partial charge >= 0.3 is 11.8 Å². The molecule has 1 nitrogen and oxygen atoms in total. The van der Waals surface area contributed by atoms with Gasteiger partial charge in [-0.3, -0.25) is 4.79 Å². The van der Waals surface area contributed by atoms with E-state index in [-0.39, 0.29) is 5.56 Å². The van der Waals surface area contributed by atoms with E-state index in [1.54, 1.807) is 18.2 Å². The van der Waals surface area contributed by atoms with Crippen molar-refractivity contribution in [1.82, 2.24) is 0 Å². The first kappa shape index (κ1) is 17.9. The molecule has 0 aromatic heterocycles. The predicted molar refractivity (Wildman–Crippen MR) is 68.6 cm³/mol. The lowest BCUT2D eigenvalue weighted by Crippen LogP contribution is -2.49. The van der Waals surface area contributed by atoms with Gasteiger partial charge in [-0.05, 0) is 0 Å². The Morgan fingerprint density at radius 3 is 2.24 bits per heavy atom. The Bertz CT molecular complexity index is 465. The second-order valence-corrected chi connectivity index (χ2v) is 5.27. The maximum atomic E-state index is 13.2. The van der Waals surface area contributed by atoms with Crippen LogP contribution >= 0.6 is 11.8 Å². The first-order valence-electron chi connectivity index (χ1n) is 5.90. The number of thioether (sulfide) groups is 1. The first-order valence-corrected chi connectivity index (χ1v) is 6.89. The summed E-state index contributed by atoms with van der Waals surface area (Å²) in [7, 11) is 0. The molecule has 1 unspecified atom stereocenters. The normalized spacial score (nSPS) is 14.0. The van der Waals surface area contributed by atoms with Gasteiger partial charge in [0.15, 0.2) is 6.17 Å². The molecule has 1 rings (SSSR count). The van der Waals surface area contributed by atoms with E-state index in [1.807, 2.05) is 0 Å². The summed E-state index contributed by atoms with van der Waals surface area (Å²) in [4.78, 5) is 11.6. The van der Waals surface area contributed by atoms with E-state index in [4.69, 9.17) is 0 Å². The molecule has 0 spiro atoms. The van der Waals surface area contributed by atoms with Gasteiger partial charge in [-0.1, -0.05) is 42.1 Å². The van der Waals surface area contributed by atoms with Crippen LogP contribution in [0.1, 0.15) is 16.8 Å². The lowest BCUT2D eigenvalue weighted by atomic mass is 10.1. The number of rotatable bonds is 7. The summed E-state index contributed by atoms with van der Waals surface area (Å²) in [6.45, 7) is -2.20. The van der Waals surface area contributed by atoms with Gasteiger partial charge in [0, 0.05) is 17.7 Å². The number of halogens is 6. The Labute approximate surface area is 121 Å². The van der Waals surface area contributed by atoms with E-state index in [0.717, 1.165) is 0 Å². The average molecular weight is 330 g/mol.